The first-order valence-corrected chi connectivity index (χ1v) is 13.5. The lowest BCUT2D eigenvalue weighted by Gasteiger charge is -2.42. The van der Waals surface area contributed by atoms with Gasteiger partial charge in [0, 0.05) is 23.5 Å². The van der Waals surface area contributed by atoms with Crippen molar-refractivity contribution in [2.45, 2.75) is 45.1 Å². The van der Waals surface area contributed by atoms with Crippen molar-refractivity contribution in [1.82, 2.24) is 19.6 Å². The molecule has 2 aromatic carbocycles. The van der Waals surface area contributed by atoms with Crippen LogP contribution in [0.1, 0.15) is 37.5 Å². The lowest BCUT2D eigenvalue weighted by Crippen LogP contribution is -2.62. The van der Waals surface area contributed by atoms with E-state index in [4.69, 9.17) is 16.3 Å². The molecule has 0 N–H and O–H groups in total. The molecule has 2 aliphatic rings. The van der Waals surface area contributed by atoms with Crippen molar-refractivity contribution >= 4 is 57.6 Å². The minimum absolute atomic E-state index is 0.00636. The normalized spacial score (nSPS) is 17.7. The van der Waals surface area contributed by atoms with E-state index in [1.165, 1.54) is 27.9 Å². The second kappa shape index (κ2) is 10.2. The van der Waals surface area contributed by atoms with Gasteiger partial charge >= 0.3 is 12.3 Å². The molecular weight excluding hydrogens is 569 g/mol. The lowest BCUT2D eigenvalue weighted by molar-refractivity contribution is -0.138. The maximum absolute atomic E-state index is 13.5. The molecule has 3 heterocycles. The molecule has 1 aromatic heterocycles. The van der Waals surface area contributed by atoms with E-state index in [0.29, 0.717) is 16.5 Å². The van der Waals surface area contributed by atoms with Crippen LogP contribution >= 0.6 is 23.4 Å². The maximum Gasteiger partial charge on any atom is 0.416 e. The summed E-state index contributed by atoms with van der Waals surface area (Å²) >= 11 is 6.60. The highest BCUT2D eigenvalue weighted by Gasteiger charge is 2.46. The first-order valence-electron chi connectivity index (χ1n) is 12.3. The molecule has 0 radical (unpaired) electrons. The molecule has 2 saturated heterocycles. The number of halogens is 4. The van der Waals surface area contributed by atoms with E-state index in [1.807, 2.05) is 0 Å². The molecular formula is C27H24ClF3N4O4S. The molecule has 5 rings (SSSR count). The van der Waals surface area contributed by atoms with Crippen LogP contribution in [-0.4, -0.2) is 61.6 Å². The van der Waals surface area contributed by atoms with E-state index in [0.717, 1.165) is 22.7 Å². The zero-order valence-corrected chi connectivity index (χ0v) is 23.2. The van der Waals surface area contributed by atoms with Crippen LogP contribution in [0.2, 0.25) is 5.02 Å². The van der Waals surface area contributed by atoms with E-state index in [-0.39, 0.29) is 35.1 Å². The first-order chi connectivity index (χ1) is 18.7. The molecule has 2 aliphatic heterocycles. The Bertz CT molecular complexity index is 1560. The molecule has 0 unspecified atom stereocenters. The predicted octanol–water partition coefficient (Wildman–Crippen LogP) is 6.41. The fourth-order valence-corrected chi connectivity index (χ4v) is 5.54. The summed E-state index contributed by atoms with van der Waals surface area (Å²) in [6.45, 7) is 5.57. The number of hydrogen-bond acceptors (Lipinski definition) is 6. The van der Waals surface area contributed by atoms with Crippen LogP contribution in [-0.2, 0) is 22.3 Å². The molecule has 0 atom stereocenters. The summed E-state index contributed by atoms with van der Waals surface area (Å²) < 4.78 is 47.3. The molecule has 13 heteroatoms. The number of amides is 3. The highest BCUT2D eigenvalue weighted by atomic mass is 35.5. The Morgan fingerprint density at radius 1 is 1.15 bits per heavy atom. The third-order valence-electron chi connectivity index (χ3n) is 6.36. The smallest absolute Gasteiger partial charge is 0.416 e. The summed E-state index contributed by atoms with van der Waals surface area (Å²) in [5, 5.41) is 4.49. The number of aromatic nitrogens is 2. The monoisotopic (exact) mass is 592 g/mol. The largest absolute Gasteiger partial charge is 0.444 e. The van der Waals surface area contributed by atoms with Gasteiger partial charge in [-0.1, -0.05) is 23.7 Å². The summed E-state index contributed by atoms with van der Waals surface area (Å²) in [5.74, 6) is -0.443. The number of fused-ring (bicyclic) bond motifs is 1. The Hall–Kier alpha value is -3.51. The second-order valence-corrected chi connectivity index (χ2v) is 11.9. The van der Waals surface area contributed by atoms with Gasteiger partial charge in [0.2, 0.25) is 0 Å². The predicted molar refractivity (Wildman–Crippen MR) is 145 cm³/mol. The van der Waals surface area contributed by atoms with Crippen molar-refractivity contribution in [2.24, 2.45) is 0 Å². The van der Waals surface area contributed by atoms with Gasteiger partial charge in [0.15, 0.2) is 0 Å². The van der Waals surface area contributed by atoms with Crippen molar-refractivity contribution in [3.05, 3.63) is 69.2 Å². The zero-order valence-electron chi connectivity index (χ0n) is 21.7. The molecule has 0 spiro atoms. The number of nitrogens with zero attached hydrogens (tertiary/aromatic N) is 4. The number of carbonyl (C=O) groups is 3. The fourth-order valence-electron chi connectivity index (χ4n) is 4.47. The van der Waals surface area contributed by atoms with Crippen molar-refractivity contribution in [1.29, 1.82) is 0 Å². The number of imide groups is 1. The maximum atomic E-state index is 13.5. The van der Waals surface area contributed by atoms with E-state index in [9.17, 15) is 27.6 Å². The van der Waals surface area contributed by atoms with Gasteiger partial charge in [0.25, 0.3) is 11.1 Å². The Kier molecular flexibility index (Phi) is 7.11. The van der Waals surface area contributed by atoms with Crippen LogP contribution < -0.4 is 0 Å². The van der Waals surface area contributed by atoms with Crippen LogP contribution in [0, 0.1) is 0 Å². The molecule has 3 aromatic rings. The summed E-state index contributed by atoms with van der Waals surface area (Å²) in [6.07, 6.45) is -1.94. The van der Waals surface area contributed by atoms with Gasteiger partial charge in [-0.15, -0.1) is 0 Å². The van der Waals surface area contributed by atoms with Crippen LogP contribution in [0.15, 0.2) is 47.5 Å². The van der Waals surface area contributed by atoms with Crippen molar-refractivity contribution < 1.29 is 32.3 Å². The molecule has 0 saturated carbocycles. The van der Waals surface area contributed by atoms with E-state index < -0.39 is 40.6 Å². The summed E-state index contributed by atoms with van der Waals surface area (Å²) in [7, 11) is 0. The Morgan fingerprint density at radius 3 is 2.55 bits per heavy atom. The quantitative estimate of drug-likeness (QED) is 0.325. The minimum Gasteiger partial charge on any atom is -0.444 e. The van der Waals surface area contributed by atoms with Crippen LogP contribution in [0.4, 0.5) is 22.8 Å². The van der Waals surface area contributed by atoms with Gasteiger partial charge in [-0.3, -0.25) is 19.2 Å². The second-order valence-electron chi connectivity index (χ2n) is 10.5. The van der Waals surface area contributed by atoms with Crippen molar-refractivity contribution in [2.75, 3.05) is 13.1 Å². The summed E-state index contributed by atoms with van der Waals surface area (Å²) in [5.41, 5.74) is -0.209. The van der Waals surface area contributed by atoms with Gasteiger partial charge in [0.05, 0.1) is 34.8 Å². The lowest BCUT2D eigenvalue weighted by atomic mass is 10.1. The van der Waals surface area contributed by atoms with Gasteiger partial charge < -0.3 is 9.64 Å². The average molecular weight is 593 g/mol. The van der Waals surface area contributed by atoms with Crippen LogP contribution in [0.25, 0.3) is 17.0 Å². The number of ether oxygens (including phenoxy) is 1. The van der Waals surface area contributed by atoms with E-state index >= 15 is 0 Å². The fraction of sp³-hybridized carbons (Fsp3) is 0.333. The topological polar surface area (TPSA) is 84.7 Å². The molecule has 0 bridgehead atoms. The summed E-state index contributed by atoms with van der Waals surface area (Å²) in [4.78, 5) is 40.7. The first kappa shape index (κ1) is 28.0. The molecule has 3 amide bonds. The number of thioether (sulfide) groups is 1. The van der Waals surface area contributed by atoms with Gasteiger partial charge in [0.1, 0.15) is 5.60 Å². The van der Waals surface area contributed by atoms with Crippen LogP contribution in [0.3, 0.4) is 0 Å². The van der Waals surface area contributed by atoms with Crippen molar-refractivity contribution in [3.8, 4) is 0 Å². The molecule has 210 valence electrons. The highest BCUT2D eigenvalue weighted by Crippen LogP contribution is 2.37. The van der Waals surface area contributed by atoms with Crippen molar-refractivity contribution in [3.63, 3.8) is 0 Å². The Balaban J connectivity index is 1.30. The standard InChI is InChI=1S/C27H24ClF3N4O4S/c1-26(2,3)39-24(37)33-13-19(14-33)35-23(36)22(40-25(35)38)9-15-4-7-21-17(8-15)11-32-34(21)12-16-5-6-18(28)10-20(16)27(29,30)31/h4-11,19H,12-14H2,1-3H3/b22-9+. The molecule has 40 heavy (non-hydrogen) atoms. The zero-order chi connectivity index (χ0) is 29.0. The van der Waals surface area contributed by atoms with Gasteiger partial charge in [-0.05, 0) is 74.0 Å². The van der Waals surface area contributed by atoms with E-state index in [2.05, 4.69) is 5.10 Å². The summed E-state index contributed by atoms with van der Waals surface area (Å²) in [6, 6.07) is 8.35. The number of hydrogen-bond donors (Lipinski definition) is 0. The minimum atomic E-state index is -4.56. The number of carbonyl (C=O) groups excluding carboxylic acids is 3. The van der Waals surface area contributed by atoms with Gasteiger partial charge in [-0.25, -0.2) is 4.79 Å². The third-order valence-corrected chi connectivity index (χ3v) is 7.48. The number of rotatable bonds is 4. The molecule has 0 aliphatic carbocycles. The number of benzene rings is 2. The van der Waals surface area contributed by atoms with Crippen LogP contribution in [0.5, 0.6) is 0 Å². The third kappa shape index (κ3) is 5.68. The number of likely N-dealkylation sites (tertiary alicyclic amines) is 1. The van der Waals surface area contributed by atoms with Gasteiger partial charge in [-0.2, -0.15) is 18.3 Å². The highest BCUT2D eigenvalue weighted by molar-refractivity contribution is 8.18. The average Bonchev–Trinajstić information content (AvgIpc) is 3.32. The molecule has 8 nitrogen and oxygen atoms in total. The Labute approximate surface area is 236 Å². The van der Waals surface area contributed by atoms with E-state index in [1.54, 1.807) is 45.0 Å². The Morgan fingerprint density at radius 2 is 1.88 bits per heavy atom. The number of alkyl halides is 3. The molecule has 2 fully saturated rings. The SMILES string of the molecule is CC(C)(C)OC(=O)N1CC(N2C(=O)S/C(=C/c3ccc4c(cnn4Cc4ccc(Cl)cc4C(F)(F)F)c3)C2=O)C1.